The SMILES string of the molecule is COCCn1c(C2CCCN2Cc2nnc3c(=O)n(C)ccn23)nc2ccccc2c1=O. The molecular weight excluding hydrogens is 410 g/mol. The summed E-state index contributed by atoms with van der Waals surface area (Å²) in [6, 6.07) is 7.40. The Hall–Kier alpha value is -3.37. The Kier molecular flexibility index (Phi) is 5.32. The fourth-order valence-corrected chi connectivity index (χ4v) is 4.45. The van der Waals surface area contributed by atoms with Crippen LogP contribution in [0.5, 0.6) is 0 Å². The molecule has 1 aliphatic heterocycles. The van der Waals surface area contributed by atoms with Crippen LogP contribution in [0, 0.1) is 0 Å². The van der Waals surface area contributed by atoms with Gasteiger partial charge >= 0.3 is 0 Å². The maximum Gasteiger partial charge on any atom is 0.295 e. The van der Waals surface area contributed by atoms with Crippen LogP contribution in [0.15, 0.2) is 46.2 Å². The lowest BCUT2D eigenvalue weighted by molar-refractivity contribution is 0.178. The van der Waals surface area contributed by atoms with E-state index >= 15 is 0 Å². The van der Waals surface area contributed by atoms with Crippen molar-refractivity contribution in [2.24, 2.45) is 7.05 Å². The van der Waals surface area contributed by atoms with Crippen molar-refractivity contribution in [2.75, 3.05) is 20.3 Å². The van der Waals surface area contributed by atoms with Gasteiger partial charge in [0, 0.05) is 26.6 Å². The molecule has 4 heterocycles. The predicted molar refractivity (Wildman–Crippen MR) is 118 cm³/mol. The maximum absolute atomic E-state index is 13.3. The van der Waals surface area contributed by atoms with Gasteiger partial charge < -0.3 is 9.30 Å². The van der Waals surface area contributed by atoms with Crippen molar-refractivity contribution < 1.29 is 4.74 Å². The molecule has 10 nitrogen and oxygen atoms in total. The van der Waals surface area contributed by atoms with Crippen LogP contribution >= 0.6 is 0 Å². The average molecular weight is 435 g/mol. The van der Waals surface area contributed by atoms with Crippen LogP contribution in [0.2, 0.25) is 0 Å². The zero-order valence-corrected chi connectivity index (χ0v) is 18.1. The van der Waals surface area contributed by atoms with Crippen molar-refractivity contribution in [3.05, 3.63) is 69.0 Å². The van der Waals surface area contributed by atoms with E-state index in [4.69, 9.17) is 9.72 Å². The molecule has 5 rings (SSSR count). The predicted octanol–water partition coefficient (Wildman–Crippen LogP) is 1.12. The molecule has 0 radical (unpaired) electrons. The highest BCUT2D eigenvalue weighted by Crippen LogP contribution is 2.32. The second-order valence-electron chi connectivity index (χ2n) is 8.09. The summed E-state index contributed by atoms with van der Waals surface area (Å²) in [5, 5.41) is 8.98. The van der Waals surface area contributed by atoms with Gasteiger partial charge in [-0.1, -0.05) is 12.1 Å². The van der Waals surface area contributed by atoms with E-state index in [2.05, 4.69) is 15.1 Å². The Labute approximate surface area is 183 Å². The average Bonchev–Trinajstić information content (AvgIpc) is 3.43. The van der Waals surface area contributed by atoms with Crippen LogP contribution in [0.1, 0.15) is 30.5 Å². The lowest BCUT2D eigenvalue weighted by atomic mass is 10.1. The van der Waals surface area contributed by atoms with Gasteiger partial charge in [-0.2, -0.15) is 0 Å². The highest BCUT2D eigenvalue weighted by Gasteiger charge is 2.31. The van der Waals surface area contributed by atoms with Crippen LogP contribution in [0.4, 0.5) is 0 Å². The number of hydrogen-bond donors (Lipinski definition) is 0. The van der Waals surface area contributed by atoms with Gasteiger partial charge in [-0.15, -0.1) is 10.2 Å². The Morgan fingerprint density at radius 1 is 1.12 bits per heavy atom. The first-order chi connectivity index (χ1) is 15.6. The number of nitrogens with zero attached hydrogens (tertiary/aromatic N) is 7. The second kappa shape index (κ2) is 8.29. The van der Waals surface area contributed by atoms with Crippen LogP contribution < -0.4 is 11.1 Å². The van der Waals surface area contributed by atoms with E-state index in [1.807, 2.05) is 24.3 Å². The first-order valence-electron chi connectivity index (χ1n) is 10.7. The monoisotopic (exact) mass is 435 g/mol. The molecule has 32 heavy (non-hydrogen) atoms. The lowest BCUT2D eigenvalue weighted by Crippen LogP contribution is -2.33. The number of likely N-dealkylation sites (tertiary alicyclic amines) is 1. The fourth-order valence-electron chi connectivity index (χ4n) is 4.45. The Balaban J connectivity index is 1.55. The third-order valence-corrected chi connectivity index (χ3v) is 6.13. The van der Waals surface area contributed by atoms with Crippen molar-refractivity contribution >= 4 is 16.6 Å². The number of benzene rings is 1. The smallest absolute Gasteiger partial charge is 0.295 e. The zero-order chi connectivity index (χ0) is 22.2. The standard InChI is InChI=1S/C22H25N7O3/c1-26-10-11-28-18(24-25-20(28)22(26)31)14-27-9-5-8-17(27)19-23-16-7-4-3-6-15(16)21(30)29(19)12-13-32-2/h3-4,6-7,10-11,17H,5,8-9,12-14H2,1-2H3. The minimum atomic E-state index is -0.186. The molecule has 4 aromatic rings. The largest absolute Gasteiger partial charge is 0.383 e. The van der Waals surface area contributed by atoms with Crippen LogP contribution in [-0.2, 0) is 24.9 Å². The molecule has 1 aliphatic rings. The molecular formula is C22H25N7O3. The van der Waals surface area contributed by atoms with Crippen molar-refractivity contribution in [3.63, 3.8) is 0 Å². The van der Waals surface area contributed by atoms with Crippen LogP contribution in [-0.4, -0.2) is 53.9 Å². The summed E-state index contributed by atoms with van der Waals surface area (Å²) in [6.07, 6.45) is 5.38. The van der Waals surface area contributed by atoms with E-state index < -0.39 is 0 Å². The first kappa shape index (κ1) is 20.5. The Morgan fingerprint density at radius 2 is 1.97 bits per heavy atom. The van der Waals surface area contributed by atoms with E-state index in [1.54, 1.807) is 35.5 Å². The van der Waals surface area contributed by atoms with Crippen molar-refractivity contribution in [3.8, 4) is 0 Å². The molecule has 0 saturated carbocycles. The highest BCUT2D eigenvalue weighted by atomic mass is 16.5. The second-order valence-corrected chi connectivity index (χ2v) is 8.09. The summed E-state index contributed by atoms with van der Waals surface area (Å²) in [7, 11) is 3.32. The summed E-state index contributed by atoms with van der Waals surface area (Å²) < 4.78 is 10.2. The Morgan fingerprint density at radius 3 is 2.81 bits per heavy atom. The lowest BCUT2D eigenvalue weighted by Gasteiger charge is -2.26. The summed E-state index contributed by atoms with van der Waals surface area (Å²) in [5.74, 6) is 1.43. The van der Waals surface area contributed by atoms with Gasteiger partial charge in [-0.05, 0) is 31.5 Å². The molecule has 1 unspecified atom stereocenters. The summed E-state index contributed by atoms with van der Waals surface area (Å²) in [4.78, 5) is 32.8. The number of fused-ring (bicyclic) bond motifs is 2. The van der Waals surface area contributed by atoms with Gasteiger partial charge in [-0.3, -0.25) is 23.5 Å². The van der Waals surface area contributed by atoms with Gasteiger partial charge in [0.15, 0.2) is 5.82 Å². The van der Waals surface area contributed by atoms with Gasteiger partial charge in [-0.25, -0.2) is 4.98 Å². The fraction of sp³-hybridized carbons (Fsp3) is 0.409. The molecule has 10 heteroatoms. The summed E-state index contributed by atoms with van der Waals surface area (Å²) in [5.41, 5.74) is 0.769. The quantitative estimate of drug-likeness (QED) is 0.447. The minimum Gasteiger partial charge on any atom is -0.383 e. The van der Waals surface area contributed by atoms with E-state index in [9.17, 15) is 9.59 Å². The maximum atomic E-state index is 13.3. The number of methoxy groups -OCH3 is 1. The van der Waals surface area contributed by atoms with E-state index in [1.165, 1.54) is 4.57 Å². The van der Waals surface area contributed by atoms with Crippen molar-refractivity contribution in [2.45, 2.75) is 32.0 Å². The topological polar surface area (TPSA) is 99.6 Å². The van der Waals surface area contributed by atoms with Crippen LogP contribution in [0.3, 0.4) is 0 Å². The molecule has 0 bridgehead atoms. The number of para-hydroxylation sites is 1. The van der Waals surface area contributed by atoms with Gasteiger partial charge in [0.05, 0.1) is 36.6 Å². The molecule has 166 valence electrons. The molecule has 1 atom stereocenters. The number of ether oxygens (including phenoxy) is 1. The molecule has 0 N–H and O–H groups in total. The van der Waals surface area contributed by atoms with Gasteiger partial charge in [0.1, 0.15) is 5.82 Å². The molecule has 1 fully saturated rings. The van der Waals surface area contributed by atoms with Crippen molar-refractivity contribution in [1.29, 1.82) is 0 Å². The van der Waals surface area contributed by atoms with Crippen molar-refractivity contribution in [1.82, 2.24) is 33.6 Å². The molecule has 0 aliphatic carbocycles. The third kappa shape index (κ3) is 3.41. The molecule has 0 amide bonds. The minimum absolute atomic E-state index is 0.0388. The van der Waals surface area contributed by atoms with E-state index in [-0.39, 0.29) is 17.2 Å². The van der Waals surface area contributed by atoms with Gasteiger partial charge in [0.2, 0.25) is 5.65 Å². The number of rotatable bonds is 6. The summed E-state index contributed by atoms with van der Waals surface area (Å²) in [6.45, 7) is 2.22. The third-order valence-electron chi connectivity index (χ3n) is 6.13. The Bertz CT molecular complexity index is 1400. The molecule has 1 saturated heterocycles. The number of aryl methyl sites for hydroxylation is 1. The molecule has 1 aromatic carbocycles. The first-order valence-corrected chi connectivity index (χ1v) is 10.7. The van der Waals surface area contributed by atoms with Gasteiger partial charge in [0.25, 0.3) is 11.1 Å². The van der Waals surface area contributed by atoms with E-state index in [0.29, 0.717) is 42.1 Å². The highest BCUT2D eigenvalue weighted by molar-refractivity contribution is 5.77. The summed E-state index contributed by atoms with van der Waals surface area (Å²) >= 11 is 0. The number of hydrogen-bond acceptors (Lipinski definition) is 7. The van der Waals surface area contributed by atoms with E-state index in [0.717, 1.165) is 25.2 Å². The van der Waals surface area contributed by atoms with Crippen LogP contribution in [0.25, 0.3) is 16.6 Å². The number of aromatic nitrogens is 6. The molecule has 0 spiro atoms. The normalized spacial score (nSPS) is 17.0. The zero-order valence-electron chi connectivity index (χ0n) is 18.1. The molecule has 3 aromatic heterocycles.